The smallest absolute Gasteiger partial charge is 0.323 e. The van der Waals surface area contributed by atoms with Crippen molar-refractivity contribution in [1.29, 1.82) is 0 Å². The molecule has 1 aliphatic heterocycles. The second kappa shape index (κ2) is 5.11. The lowest BCUT2D eigenvalue weighted by Gasteiger charge is -2.36. The van der Waals surface area contributed by atoms with Crippen LogP contribution in [0, 0.1) is 0 Å². The Hall–Kier alpha value is -1.35. The van der Waals surface area contributed by atoms with Crippen LogP contribution in [0.4, 0.5) is 0 Å². The van der Waals surface area contributed by atoms with Gasteiger partial charge in [-0.1, -0.05) is 30.3 Å². The molecule has 0 aliphatic carbocycles. The lowest BCUT2D eigenvalue weighted by Crippen LogP contribution is -2.52. The molecule has 1 heterocycles. The molecule has 0 amide bonds. The normalized spacial score (nSPS) is 26.1. The summed E-state index contributed by atoms with van der Waals surface area (Å²) >= 11 is 0. The highest BCUT2D eigenvalue weighted by atomic mass is 16.4. The first-order valence-corrected chi connectivity index (χ1v) is 6.58. The van der Waals surface area contributed by atoms with Gasteiger partial charge in [0, 0.05) is 6.04 Å². The maximum Gasteiger partial charge on any atom is 0.323 e. The molecule has 0 bridgehead atoms. The van der Waals surface area contributed by atoms with Gasteiger partial charge in [0.15, 0.2) is 0 Å². The summed E-state index contributed by atoms with van der Waals surface area (Å²) in [5.41, 5.74) is 0.582. The summed E-state index contributed by atoms with van der Waals surface area (Å²) in [5, 5.41) is 9.42. The largest absolute Gasteiger partial charge is 0.480 e. The molecule has 3 nitrogen and oxygen atoms in total. The molecule has 1 fully saturated rings. The van der Waals surface area contributed by atoms with E-state index in [4.69, 9.17) is 0 Å². The molecular formula is C15H21NO2. The van der Waals surface area contributed by atoms with E-state index < -0.39 is 11.5 Å². The summed E-state index contributed by atoms with van der Waals surface area (Å²) in [6, 6.07) is 10.5. The van der Waals surface area contributed by atoms with Crippen LogP contribution in [-0.4, -0.2) is 34.1 Å². The maximum absolute atomic E-state index is 11.4. The number of carbonyl (C=O) groups is 1. The second-order valence-corrected chi connectivity index (χ2v) is 5.41. The molecule has 0 saturated carbocycles. The Labute approximate surface area is 108 Å². The van der Waals surface area contributed by atoms with E-state index in [1.54, 1.807) is 0 Å². The molecule has 18 heavy (non-hydrogen) atoms. The van der Waals surface area contributed by atoms with Crippen LogP contribution in [0.1, 0.15) is 32.3 Å². The summed E-state index contributed by atoms with van der Waals surface area (Å²) in [7, 11) is 0. The van der Waals surface area contributed by atoms with E-state index in [1.165, 1.54) is 5.56 Å². The zero-order chi connectivity index (χ0) is 13.2. The molecule has 0 aromatic heterocycles. The third-order valence-electron chi connectivity index (χ3n) is 4.06. The lowest BCUT2D eigenvalue weighted by molar-refractivity contribution is -0.149. The highest BCUT2D eigenvalue weighted by Crippen LogP contribution is 2.32. The van der Waals surface area contributed by atoms with Gasteiger partial charge in [0.2, 0.25) is 0 Å². The van der Waals surface area contributed by atoms with E-state index >= 15 is 0 Å². The minimum Gasteiger partial charge on any atom is -0.480 e. The first kappa shape index (κ1) is 13.1. The van der Waals surface area contributed by atoms with E-state index in [-0.39, 0.29) is 6.04 Å². The van der Waals surface area contributed by atoms with Crippen LogP contribution < -0.4 is 0 Å². The minimum atomic E-state index is -0.695. The van der Waals surface area contributed by atoms with E-state index in [1.807, 2.05) is 25.1 Å². The highest BCUT2D eigenvalue weighted by molar-refractivity contribution is 5.78. The second-order valence-electron chi connectivity index (χ2n) is 5.41. The van der Waals surface area contributed by atoms with Gasteiger partial charge in [-0.05, 0) is 45.2 Å². The number of nitrogens with zero attached hydrogens (tertiary/aromatic N) is 1. The van der Waals surface area contributed by atoms with Crippen molar-refractivity contribution < 1.29 is 9.90 Å². The van der Waals surface area contributed by atoms with Crippen LogP contribution in [0.15, 0.2) is 30.3 Å². The summed E-state index contributed by atoms with van der Waals surface area (Å²) in [4.78, 5) is 13.6. The Balaban J connectivity index is 2.09. The number of carboxylic acids is 1. The van der Waals surface area contributed by atoms with Crippen molar-refractivity contribution in [2.45, 2.75) is 44.7 Å². The minimum absolute atomic E-state index is 0.260. The van der Waals surface area contributed by atoms with Crippen LogP contribution in [0.2, 0.25) is 0 Å². The standard InChI is InChI=1S/C15H21NO2/c1-12(11-13-7-4-3-5-8-13)16-10-6-9-15(16,2)14(17)18/h3-5,7-8,12H,6,9-11H2,1-2H3,(H,17,18). The summed E-state index contributed by atoms with van der Waals surface area (Å²) in [6.45, 7) is 4.86. The maximum atomic E-state index is 11.4. The number of likely N-dealkylation sites (tertiary alicyclic amines) is 1. The van der Waals surface area contributed by atoms with Crippen molar-refractivity contribution >= 4 is 5.97 Å². The van der Waals surface area contributed by atoms with Gasteiger partial charge in [-0.3, -0.25) is 9.69 Å². The van der Waals surface area contributed by atoms with Crippen LogP contribution in [0.25, 0.3) is 0 Å². The number of carboxylic acid groups (broad SMARTS) is 1. The van der Waals surface area contributed by atoms with Gasteiger partial charge in [0.1, 0.15) is 5.54 Å². The van der Waals surface area contributed by atoms with E-state index in [0.717, 1.165) is 25.8 Å². The quantitative estimate of drug-likeness (QED) is 0.889. The van der Waals surface area contributed by atoms with E-state index in [2.05, 4.69) is 24.0 Å². The third-order valence-corrected chi connectivity index (χ3v) is 4.06. The Bertz CT molecular complexity index is 418. The Morgan fingerprint density at radius 2 is 2.11 bits per heavy atom. The van der Waals surface area contributed by atoms with Crippen molar-refractivity contribution in [3.8, 4) is 0 Å². The molecular weight excluding hydrogens is 226 g/mol. The van der Waals surface area contributed by atoms with Crippen LogP contribution in [0.5, 0.6) is 0 Å². The molecule has 1 N–H and O–H groups in total. The Morgan fingerprint density at radius 3 is 2.72 bits per heavy atom. The van der Waals surface area contributed by atoms with Gasteiger partial charge < -0.3 is 5.11 Å². The molecule has 1 aliphatic rings. The molecule has 2 atom stereocenters. The highest BCUT2D eigenvalue weighted by Gasteiger charge is 2.45. The van der Waals surface area contributed by atoms with Crippen LogP contribution >= 0.6 is 0 Å². The van der Waals surface area contributed by atoms with Crippen molar-refractivity contribution in [2.24, 2.45) is 0 Å². The molecule has 3 heteroatoms. The van der Waals surface area contributed by atoms with Gasteiger partial charge >= 0.3 is 5.97 Å². The van der Waals surface area contributed by atoms with Crippen LogP contribution in [0.3, 0.4) is 0 Å². The summed E-state index contributed by atoms with van der Waals surface area (Å²) in [6.07, 6.45) is 2.63. The van der Waals surface area contributed by atoms with Gasteiger partial charge in [0.25, 0.3) is 0 Å². The van der Waals surface area contributed by atoms with Gasteiger partial charge in [0.05, 0.1) is 0 Å². The van der Waals surface area contributed by atoms with E-state index in [9.17, 15) is 9.90 Å². The number of hydrogen-bond donors (Lipinski definition) is 1. The first-order valence-electron chi connectivity index (χ1n) is 6.58. The number of hydrogen-bond acceptors (Lipinski definition) is 2. The van der Waals surface area contributed by atoms with Crippen molar-refractivity contribution in [1.82, 2.24) is 4.90 Å². The third kappa shape index (κ3) is 2.41. The first-order chi connectivity index (χ1) is 8.54. The van der Waals surface area contributed by atoms with Gasteiger partial charge in [-0.2, -0.15) is 0 Å². The van der Waals surface area contributed by atoms with Crippen molar-refractivity contribution in [3.63, 3.8) is 0 Å². The van der Waals surface area contributed by atoms with Crippen molar-refractivity contribution in [2.75, 3.05) is 6.54 Å². The molecule has 0 spiro atoms. The Kier molecular flexibility index (Phi) is 3.71. The molecule has 2 rings (SSSR count). The predicted molar refractivity (Wildman–Crippen MR) is 71.6 cm³/mol. The topological polar surface area (TPSA) is 40.5 Å². The zero-order valence-electron chi connectivity index (χ0n) is 11.1. The fraction of sp³-hybridized carbons (Fsp3) is 0.533. The summed E-state index contributed by atoms with van der Waals surface area (Å²) < 4.78 is 0. The fourth-order valence-corrected chi connectivity index (χ4v) is 2.99. The number of benzene rings is 1. The predicted octanol–water partition coefficient (Wildman–Crippen LogP) is 2.56. The fourth-order valence-electron chi connectivity index (χ4n) is 2.99. The molecule has 1 aromatic carbocycles. The SMILES string of the molecule is CC(Cc1ccccc1)N1CCCC1(C)C(=O)O. The number of rotatable bonds is 4. The van der Waals surface area contributed by atoms with Gasteiger partial charge in [-0.25, -0.2) is 0 Å². The van der Waals surface area contributed by atoms with Crippen molar-refractivity contribution in [3.05, 3.63) is 35.9 Å². The Morgan fingerprint density at radius 1 is 1.44 bits per heavy atom. The molecule has 98 valence electrons. The molecule has 1 saturated heterocycles. The van der Waals surface area contributed by atoms with Gasteiger partial charge in [-0.15, -0.1) is 0 Å². The molecule has 0 radical (unpaired) electrons. The number of aliphatic carboxylic acids is 1. The lowest BCUT2D eigenvalue weighted by atomic mass is 9.96. The molecule has 1 aromatic rings. The van der Waals surface area contributed by atoms with Crippen LogP contribution in [-0.2, 0) is 11.2 Å². The molecule has 2 unspecified atom stereocenters. The van der Waals surface area contributed by atoms with E-state index in [0.29, 0.717) is 0 Å². The average Bonchev–Trinajstić information content (AvgIpc) is 2.74. The summed E-state index contributed by atoms with van der Waals surface area (Å²) in [5.74, 6) is -0.695. The zero-order valence-corrected chi connectivity index (χ0v) is 11.1. The average molecular weight is 247 g/mol. The monoisotopic (exact) mass is 247 g/mol.